The number of sulfonamides is 1. The summed E-state index contributed by atoms with van der Waals surface area (Å²) in [6.45, 7) is 0. The van der Waals surface area contributed by atoms with E-state index >= 15 is 0 Å². The lowest BCUT2D eigenvalue weighted by atomic mass is 10.2. The highest BCUT2D eigenvalue weighted by Gasteiger charge is 2.20. The molecule has 7 heteroatoms. The van der Waals surface area contributed by atoms with Crippen LogP contribution in [-0.2, 0) is 10.0 Å². The Balaban J connectivity index is 2.29. The summed E-state index contributed by atoms with van der Waals surface area (Å²) in [5, 5.41) is 0. The number of rotatable bonds is 5. The third-order valence-electron chi connectivity index (χ3n) is 2.93. The van der Waals surface area contributed by atoms with E-state index in [1.807, 2.05) is 4.72 Å². The van der Waals surface area contributed by atoms with Gasteiger partial charge in [-0.05, 0) is 24.3 Å². The van der Waals surface area contributed by atoms with Crippen LogP contribution >= 0.6 is 0 Å². The van der Waals surface area contributed by atoms with Crippen molar-refractivity contribution in [3.63, 3.8) is 0 Å². The summed E-state index contributed by atoms with van der Waals surface area (Å²) >= 11 is 0. The van der Waals surface area contributed by atoms with Crippen molar-refractivity contribution in [2.24, 2.45) is 0 Å². The molecule has 0 heterocycles. The topological polar surface area (TPSA) is 81.7 Å². The van der Waals surface area contributed by atoms with Crippen molar-refractivity contribution in [2.75, 3.05) is 14.2 Å². The quantitative estimate of drug-likeness (QED) is 0.908. The predicted molar refractivity (Wildman–Crippen MR) is 80.6 cm³/mol. The Bertz CT molecular complexity index is 772. The van der Waals surface area contributed by atoms with E-state index in [9.17, 15) is 13.2 Å². The molecule has 0 aliphatic carbocycles. The first-order chi connectivity index (χ1) is 10.5. The van der Waals surface area contributed by atoms with Gasteiger partial charge in [-0.1, -0.05) is 18.2 Å². The number of hydrogen-bond donors (Lipinski definition) is 1. The summed E-state index contributed by atoms with van der Waals surface area (Å²) in [6, 6.07) is 12.2. The fourth-order valence-electron chi connectivity index (χ4n) is 1.81. The largest absolute Gasteiger partial charge is 0.493 e. The van der Waals surface area contributed by atoms with Crippen LogP contribution in [-0.4, -0.2) is 28.5 Å². The van der Waals surface area contributed by atoms with Crippen LogP contribution in [0.25, 0.3) is 0 Å². The maximum absolute atomic E-state index is 12.3. The molecule has 0 radical (unpaired) electrons. The van der Waals surface area contributed by atoms with Crippen LogP contribution in [0.4, 0.5) is 0 Å². The van der Waals surface area contributed by atoms with Crippen molar-refractivity contribution in [1.29, 1.82) is 0 Å². The van der Waals surface area contributed by atoms with Gasteiger partial charge in [0.15, 0.2) is 11.5 Å². The second-order valence-corrected chi connectivity index (χ2v) is 6.00. The van der Waals surface area contributed by atoms with Crippen molar-refractivity contribution in [3.8, 4) is 11.5 Å². The Kier molecular flexibility index (Phi) is 4.67. The van der Waals surface area contributed by atoms with Gasteiger partial charge in [-0.25, -0.2) is 13.1 Å². The van der Waals surface area contributed by atoms with Crippen LogP contribution in [0.15, 0.2) is 53.4 Å². The van der Waals surface area contributed by atoms with Crippen molar-refractivity contribution < 1.29 is 22.7 Å². The van der Waals surface area contributed by atoms with Gasteiger partial charge in [0.25, 0.3) is 15.9 Å². The van der Waals surface area contributed by atoms with Gasteiger partial charge in [0.2, 0.25) is 0 Å². The number of methoxy groups -OCH3 is 2. The van der Waals surface area contributed by atoms with Crippen molar-refractivity contribution >= 4 is 15.9 Å². The smallest absolute Gasteiger partial charge is 0.264 e. The first-order valence-corrected chi connectivity index (χ1v) is 7.80. The summed E-state index contributed by atoms with van der Waals surface area (Å²) in [5.74, 6) is -0.0382. The fourth-order valence-corrected chi connectivity index (χ4v) is 2.80. The number of hydrogen-bond acceptors (Lipinski definition) is 5. The molecule has 0 fully saturated rings. The Hall–Kier alpha value is -2.54. The van der Waals surface area contributed by atoms with Crippen LogP contribution in [0.2, 0.25) is 0 Å². The van der Waals surface area contributed by atoms with Gasteiger partial charge in [0.05, 0.1) is 19.1 Å². The summed E-state index contributed by atoms with van der Waals surface area (Å²) in [5.41, 5.74) is 0.256. The van der Waals surface area contributed by atoms with Crippen molar-refractivity contribution in [1.82, 2.24) is 4.72 Å². The van der Waals surface area contributed by atoms with E-state index in [-0.39, 0.29) is 16.2 Å². The van der Waals surface area contributed by atoms with E-state index in [0.29, 0.717) is 5.75 Å². The van der Waals surface area contributed by atoms with Gasteiger partial charge < -0.3 is 9.47 Å². The maximum Gasteiger partial charge on any atom is 0.264 e. The normalized spacial score (nSPS) is 10.8. The monoisotopic (exact) mass is 321 g/mol. The third kappa shape index (κ3) is 3.37. The third-order valence-corrected chi connectivity index (χ3v) is 4.26. The zero-order valence-corrected chi connectivity index (χ0v) is 12.9. The molecule has 0 saturated heterocycles. The molecule has 22 heavy (non-hydrogen) atoms. The first-order valence-electron chi connectivity index (χ1n) is 6.32. The fraction of sp³-hybridized carbons (Fsp3) is 0.133. The van der Waals surface area contributed by atoms with Gasteiger partial charge in [-0.15, -0.1) is 0 Å². The van der Waals surface area contributed by atoms with Crippen LogP contribution in [0.1, 0.15) is 10.4 Å². The summed E-state index contributed by atoms with van der Waals surface area (Å²) in [4.78, 5) is 11.9. The maximum atomic E-state index is 12.3. The zero-order valence-electron chi connectivity index (χ0n) is 12.1. The molecule has 1 amide bonds. The van der Waals surface area contributed by atoms with Crippen LogP contribution in [0, 0.1) is 0 Å². The second kappa shape index (κ2) is 6.48. The molecular formula is C15H15NO5S. The highest BCUT2D eigenvalue weighted by atomic mass is 32.2. The molecule has 1 N–H and O–H groups in total. The lowest BCUT2D eigenvalue weighted by Gasteiger charge is -2.11. The van der Waals surface area contributed by atoms with Gasteiger partial charge in [-0.2, -0.15) is 0 Å². The molecule has 0 aliphatic heterocycles. The minimum atomic E-state index is -4.00. The molecule has 0 saturated carbocycles. The Morgan fingerprint density at radius 3 is 2.18 bits per heavy atom. The second-order valence-electron chi connectivity index (χ2n) is 4.32. The number of benzene rings is 2. The molecule has 0 spiro atoms. The first kappa shape index (κ1) is 15.8. The van der Waals surface area contributed by atoms with Crippen LogP contribution < -0.4 is 14.2 Å². The van der Waals surface area contributed by atoms with Gasteiger partial charge in [0, 0.05) is 11.6 Å². The van der Waals surface area contributed by atoms with Crippen LogP contribution in [0.5, 0.6) is 11.5 Å². The number of amides is 1. The average Bonchev–Trinajstić information content (AvgIpc) is 2.54. The lowest BCUT2D eigenvalue weighted by molar-refractivity contribution is 0.0981. The molecule has 0 unspecified atom stereocenters. The van der Waals surface area contributed by atoms with Crippen molar-refractivity contribution in [3.05, 3.63) is 54.1 Å². The molecule has 6 nitrogen and oxygen atoms in total. The van der Waals surface area contributed by atoms with Gasteiger partial charge in [-0.3, -0.25) is 4.79 Å². The molecule has 2 rings (SSSR count). The Labute approximate surface area is 128 Å². The van der Waals surface area contributed by atoms with Gasteiger partial charge in [0.1, 0.15) is 0 Å². The molecule has 0 bridgehead atoms. The van der Waals surface area contributed by atoms with Crippen LogP contribution in [0.3, 0.4) is 0 Å². The molecule has 0 atom stereocenters. The van der Waals surface area contributed by atoms with E-state index in [0.717, 1.165) is 0 Å². The average molecular weight is 321 g/mol. The standard InChI is InChI=1S/C15H15NO5S/c1-20-13-9-8-12(10-14(13)21-2)22(18,19)16-15(17)11-6-4-3-5-7-11/h3-10H,1-2H3,(H,16,17). The molecular weight excluding hydrogens is 306 g/mol. The molecule has 2 aromatic carbocycles. The highest BCUT2D eigenvalue weighted by molar-refractivity contribution is 7.90. The molecule has 0 aliphatic rings. The summed E-state index contributed by atoms with van der Waals surface area (Å²) in [6.07, 6.45) is 0. The Morgan fingerprint density at radius 2 is 1.59 bits per heavy atom. The van der Waals surface area contributed by atoms with E-state index < -0.39 is 15.9 Å². The number of carbonyl (C=O) groups excluding carboxylic acids is 1. The number of carbonyl (C=O) groups is 1. The highest BCUT2D eigenvalue weighted by Crippen LogP contribution is 2.29. The van der Waals surface area contributed by atoms with E-state index in [2.05, 4.69) is 0 Å². The Morgan fingerprint density at radius 1 is 0.955 bits per heavy atom. The number of nitrogens with one attached hydrogen (secondary N) is 1. The molecule has 0 aromatic heterocycles. The number of ether oxygens (including phenoxy) is 2. The predicted octanol–water partition coefficient (Wildman–Crippen LogP) is 1.82. The van der Waals surface area contributed by atoms with Crippen molar-refractivity contribution in [2.45, 2.75) is 4.90 Å². The zero-order chi connectivity index (χ0) is 16.2. The summed E-state index contributed by atoms with van der Waals surface area (Å²) in [7, 11) is -1.15. The van der Waals surface area contributed by atoms with E-state index in [1.54, 1.807) is 18.2 Å². The summed E-state index contributed by atoms with van der Waals surface area (Å²) < 4.78 is 36.6. The minimum absolute atomic E-state index is 0.0885. The van der Waals surface area contributed by atoms with E-state index in [4.69, 9.17) is 9.47 Å². The SMILES string of the molecule is COc1ccc(S(=O)(=O)NC(=O)c2ccccc2)cc1OC. The minimum Gasteiger partial charge on any atom is -0.493 e. The van der Waals surface area contributed by atoms with E-state index in [1.165, 1.54) is 44.6 Å². The molecule has 116 valence electrons. The lowest BCUT2D eigenvalue weighted by Crippen LogP contribution is -2.30. The molecule has 2 aromatic rings. The van der Waals surface area contributed by atoms with Gasteiger partial charge >= 0.3 is 0 Å².